The van der Waals surface area contributed by atoms with Gasteiger partial charge in [0.05, 0.1) is 22.5 Å². The fourth-order valence-corrected chi connectivity index (χ4v) is 3.04. The van der Waals surface area contributed by atoms with E-state index in [0.717, 1.165) is 10.6 Å². The van der Waals surface area contributed by atoms with Crippen molar-refractivity contribution in [3.63, 3.8) is 0 Å². The first-order chi connectivity index (χ1) is 11.6. The summed E-state index contributed by atoms with van der Waals surface area (Å²) in [6.07, 6.45) is 5.32. The third-order valence-corrected chi connectivity index (χ3v) is 4.42. The van der Waals surface area contributed by atoms with Crippen molar-refractivity contribution in [2.45, 2.75) is 6.54 Å². The predicted molar refractivity (Wildman–Crippen MR) is 96.4 cm³/mol. The van der Waals surface area contributed by atoms with Gasteiger partial charge >= 0.3 is 0 Å². The Hall–Kier alpha value is -2.67. The molecule has 0 saturated heterocycles. The highest BCUT2D eigenvalue weighted by atomic mass is 32.1. The molecule has 0 bridgehead atoms. The topological polar surface area (TPSA) is 63.1 Å². The van der Waals surface area contributed by atoms with E-state index in [4.69, 9.17) is 0 Å². The van der Waals surface area contributed by atoms with Gasteiger partial charge in [0.15, 0.2) is 0 Å². The molecule has 0 saturated carbocycles. The molecule has 0 aliphatic carbocycles. The number of pyridine rings is 1. The van der Waals surface area contributed by atoms with Crippen molar-refractivity contribution in [3.8, 4) is 10.6 Å². The van der Waals surface area contributed by atoms with Gasteiger partial charge in [-0.1, -0.05) is 6.07 Å². The van der Waals surface area contributed by atoms with Gasteiger partial charge in [0, 0.05) is 39.6 Å². The molecular weight excluding hydrogens is 322 g/mol. The summed E-state index contributed by atoms with van der Waals surface area (Å²) in [5.41, 5.74) is 1.45. The number of nitrogens with one attached hydrogen (secondary N) is 1. The highest BCUT2D eigenvalue weighted by Crippen LogP contribution is 2.26. The first kappa shape index (κ1) is 16.2. The van der Waals surface area contributed by atoms with Gasteiger partial charge in [0.1, 0.15) is 5.82 Å². The van der Waals surface area contributed by atoms with E-state index in [1.807, 2.05) is 59.4 Å². The van der Waals surface area contributed by atoms with Gasteiger partial charge < -0.3 is 14.8 Å². The Kier molecular flexibility index (Phi) is 4.90. The maximum Gasteiger partial charge on any atom is 0.255 e. The van der Waals surface area contributed by atoms with Crippen molar-refractivity contribution < 1.29 is 4.79 Å². The molecule has 7 heteroatoms. The summed E-state index contributed by atoms with van der Waals surface area (Å²) >= 11 is 1.63. The van der Waals surface area contributed by atoms with Gasteiger partial charge in [-0.25, -0.2) is 9.97 Å². The van der Waals surface area contributed by atoms with Crippen LogP contribution in [-0.2, 0) is 6.54 Å². The number of amides is 1. The number of nitrogens with zero attached hydrogens (tertiary/aromatic N) is 4. The standard InChI is InChI=1S/C17H19N5OS/c1-21(2)16-13(5-6-14(20-16)15-4-3-11-24-15)17(23)19-8-10-22-9-7-18-12-22/h3-7,9,11-12H,8,10H2,1-2H3,(H,19,23). The number of thiophene rings is 1. The molecule has 1 amide bonds. The number of rotatable bonds is 6. The first-order valence-electron chi connectivity index (χ1n) is 7.61. The largest absolute Gasteiger partial charge is 0.362 e. The number of anilines is 1. The van der Waals surface area contributed by atoms with Gasteiger partial charge in [-0.3, -0.25) is 4.79 Å². The molecule has 3 aromatic rings. The lowest BCUT2D eigenvalue weighted by atomic mass is 10.2. The highest BCUT2D eigenvalue weighted by Gasteiger charge is 2.15. The summed E-state index contributed by atoms with van der Waals surface area (Å²) in [6.45, 7) is 1.22. The number of hydrogen-bond donors (Lipinski definition) is 1. The van der Waals surface area contributed by atoms with Gasteiger partial charge in [0.25, 0.3) is 5.91 Å². The zero-order valence-corrected chi connectivity index (χ0v) is 14.5. The molecular formula is C17H19N5OS. The lowest BCUT2D eigenvalue weighted by Crippen LogP contribution is -2.29. The summed E-state index contributed by atoms with van der Waals surface area (Å²) in [5, 5.41) is 4.95. The molecule has 0 aliphatic rings. The molecule has 6 nitrogen and oxygen atoms in total. The van der Waals surface area contributed by atoms with Crippen molar-refractivity contribution in [1.29, 1.82) is 0 Å². The summed E-state index contributed by atoms with van der Waals surface area (Å²) in [4.78, 5) is 24.1. The zero-order chi connectivity index (χ0) is 16.9. The van der Waals surface area contributed by atoms with Crippen LogP contribution in [0, 0.1) is 0 Å². The Morgan fingerprint density at radius 1 is 1.33 bits per heavy atom. The van der Waals surface area contributed by atoms with Crippen LogP contribution in [0.25, 0.3) is 10.6 Å². The third-order valence-electron chi connectivity index (χ3n) is 3.53. The molecule has 124 valence electrons. The first-order valence-corrected chi connectivity index (χ1v) is 8.49. The molecule has 0 radical (unpaired) electrons. The molecule has 0 aromatic carbocycles. The zero-order valence-electron chi connectivity index (χ0n) is 13.6. The quantitative estimate of drug-likeness (QED) is 0.748. The number of hydrogen-bond acceptors (Lipinski definition) is 5. The summed E-state index contributed by atoms with van der Waals surface area (Å²) in [7, 11) is 3.78. The van der Waals surface area contributed by atoms with E-state index in [2.05, 4.69) is 15.3 Å². The second-order valence-electron chi connectivity index (χ2n) is 5.50. The maximum atomic E-state index is 12.5. The van der Waals surface area contributed by atoms with Crippen LogP contribution in [0.2, 0.25) is 0 Å². The molecule has 3 heterocycles. The summed E-state index contributed by atoms with van der Waals surface area (Å²) in [6, 6.07) is 7.75. The molecule has 3 rings (SSSR count). The Bertz CT molecular complexity index is 797. The Morgan fingerprint density at radius 2 is 2.21 bits per heavy atom. The van der Waals surface area contributed by atoms with Crippen LogP contribution in [0.4, 0.5) is 5.82 Å². The number of imidazole rings is 1. The van der Waals surface area contributed by atoms with Crippen molar-refractivity contribution >= 4 is 23.1 Å². The highest BCUT2D eigenvalue weighted by molar-refractivity contribution is 7.13. The minimum Gasteiger partial charge on any atom is -0.362 e. The van der Waals surface area contributed by atoms with Crippen molar-refractivity contribution in [3.05, 3.63) is 53.9 Å². The predicted octanol–water partition coefficient (Wildman–Crippen LogP) is 2.50. The van der Waals surface area contributed by atoms with Crippen LogP contribution in [-0.4, -0.2) is 41.1 Å². The molecule has 24 heavy (non-hydrogen) atoms. The Morgan fingerprint density at radius 3 is 2.88 bits per heavy atom. The molecule has 0 spiro atoms. The summed E-state index contributed by atoms with van der Waals surface area (Å²) in [5.74, 6) is 0.546. The molecule has 3 aromatic heterocycles. The molecule has 0 aliphatic heterocycles. The Labute approximate surface area is 144 Å². The number of carbonyl (C=O) groups is 1. The van der Waals surface area contributed by atoms with Gasteiger partial charge in [-0.05, 0) is 23.6 Å². The minimum atomic E-state index is -0.121. The average Bonchev–Trinajstić information content (AvgIpc) is 3.28. The maximum absolute atomic E-state index is 12.5. The average molecular weight is 341 g/mol. The minimum absolute atomic E-state index is 0.121. The van der Waals surface area contributed by atoms with Crippen LogP contribution in [0.15, 0.2) is 48.4 Å². The van der Waals surface area contributed by atoms with E-state index < -0.39 is 0 Å². The van der Waals surface area contributed by atoms with E-state index in [1.54, 1.807) is 23.9 Å². The monoisotopic (exact) mass is 341 g/mol. The van der Waals surface area contributed by atoms with Crippen molar-refractivity contribution in [1.82, 2.24) is 19.9 Å². The molecule has 0 atom stereocenters. The van der Waals surface area contributed by atoms with Crippen LogP contribution in [0.1, 0.15) is 10.4 Å². The van der Waals surface area contributed by atoms with E-state index in [9.17, 15) is 4.79 Å². The SMILES string of the molecule is CN(C)c1nc(-c2cccs2)ccc1C(=O)NCCn1ccnc1. The Balaban J connectivity index is 1.75. The fraction of sp³-hybridized carbons (Fsp3) is 0.235. The summed E-state index contributed by atoms with van der Waals surface area (Å²) < 4.78 is 1.92. The van der Waals surface area contributed by atoms with Crippen molar-refractivity contribution in [2.24, 2.45) is 0 Å². The molecule has 0 fully saturated rings. The van der Waals surface area contributed by atoms with Crippen LogP contribution >= 0.6 is 11.3 Å². The third kappa shape index (κ3) is 3.62. The van der Waals surface area contributed by atoms with E-state index >= 15 is 0 Å². The fourth-order valence-electron chi connectivity index (χ4n) is 2.34. The normalized spacial score (nSPS) is 10.6. The van der Waals surface area contributed by atoms with Gasteiger partial charge in [0.2, 0.25) is 0 Å². The number of aromatic nitrogens is 3. The van der Waals surface area contributed by atoms with E-state index in [0.29, 0.717) is 24.5 Å². The van der Waals surface area contributed by atoms with Gasteiger partial charge in [-0.2, -0.15) is 0 Å². The van der Waals surface area contributed by atoms with Crippen molar-refractivity contribution in [2.75, 3.05) is 25.5 Å². The van der Waals surface area contributed by atoms with Gasteiger partial charge in [-0.15, -0.1) is 11.3 Å². The second-order valence-corrected chi connectivity index (χ2v) is 6.44. The lowest BCUT2D eigenvalue weighted by Gasteiger charge is -2.17. The second kappa shape index (κ2) is 7.27. The lowest BCUT2D eigenvalue weighted by molar-refractivity contribution is 0.0952. The smallest absolute Gasteiger partial charge is 0.255 e. The van der Waals surface area contributed by atoms with Crippen LogP contribution in [0.5, 0.6) is 0 Å². The molecule has 1 N–H and O–H groups in total. The van der Waals surface area contributed by atoms with Crippen LogP contribution in [0.3, 0.4) is 0 Å². The van der Waals surface area contributed by atoms with E-state index in [1.165, 1.54) is 0 Å². The number of carbonyl (C=O) groups excluding carboxylic acids is 1. The molecule has 0 unspecified atom stereocenters. The van der Waals surface area contributed by atoms with E-state index in [-0.39, 0.29) is 5.91 Å². The van der Waals surface area contributed by atoms with Crippen LogP contribution < -0.4 is 10.2 Å².